The molecule has 1 aliphatic heterocycles. The number of amides is 5. The van der Waals surface area contributed by atoms with E-state index in [9.17, 15) is 76.6 Å². The molecule has 0 spiro atoms. The Bertz CT molecular complexity index is 3380. The quantitative estimate of drug-likeness (QED) is 0.0117. The summed E-state index contributed by atoms with van der Waals surface area (Å²) in [6.07, 6.45) is 9.85. The van der Waals surface area contributed by atoms with Gasteiger partial charge in [0.05, 0.1) is 58.0 Å². The largest absolute Gasteiger partial charge is 0.522 e. The van der Waals surface area contributed by atoms with Gasteiger partial charge in [0.2, 0.25) is 36.1 Å². The molecule has 8 atom stereocenters. The predicted molar refractivity (Wildman–Crippen MR) is 355 cm³/mol. The molecule has 5 rings (SSSR count). The lowest BCUT2D eigenvalue weighted by Gasteiger charge is -2.23. The normalized spacial score (nSPS) is 18.0. The van der Waals surface area contributed by atoms with Crippen molar-refractivity contribution in [2.24, 2.45) is 23.5 Å². The number of ether oxygens (including phenoxy) is 1. The van der Waals surface area contributed by atoms with Gasteiger partial charge in [-0.1, -0.05) is 44.5 Å². The minimum absolute atomic E-state index is 0.0149. The van der Waals surface area contributed by atoms with Gasteiger partial charge in [-0.05, 0) is 135 Å². The molecule has 2 aromatic heterocycles. The number of aromatic hydroxyl groups is 2. The lowest BCUT2D eigenvalue weighted by molar-refractivity contribution is -0.475. The predicted octanol–water partition coefficient (Wildman–Crippen LogP) is 6.25. The van der Waals surface area contributed by atoms with E-state index in [4.69, 9.17) is 28.5 Å². The summed E-state index contributed by atoms with van der Waals surface area (Å²) in [5.41, 5.74) is 2.10. The fraction of sp³-hybridized carbons (Fsp3) is 0.578. The number of aliphatic hydroxyl groups is 1. The van der Waals surface area contributed by atoms with Crippen LogP contribution in [-0.2, 0) is 96.7 Å². The summed E-state index contributed by atoms with van der Waals surface area (Å²) in [4.78, 5) is 134. The zero-order chi connectivity index (χ0) is 73.5. The summed E-state index contributed by atoms with van der Waals surface area (Å²) < 4.78 is 62.9. The molecule has 4 bridgehead atoms. The minimum atomic E-state index is -5.84. The van der Waals surface area contributed by atoms with Crippen LogP contribution in [0.15, 0.2) is 54.9 Å². The van der Waals surface area contributed by atoms with E-state index in [1.165, 1.54) is 37.3 Å². The summed E-state index contributed by atoms with van der Waals surface area (Å²) in [7, 11) is -5.84. The van der Waals surface area contributed by atoms with Crippen molar-refractivity contribution < 1.29 is 94.3 Å². The molecule has 97 heavy (non-hydrogen) atoms. The smallest absolute Gasteiger partial charge is 0.508 e. The first kappa shape index (κ1) is 85.2. The van der Waals surface area contributed by atoms with E-state index in [1.54, 1.807) is 103 Å². The van der Waals surface area contributed by atoms with Crippen LogP contribution in [-0.4, -0.2) is 150 Å². The molecule has 5 amide bonds. The highest BCUT2D eigenvalue weighted by atomic mass is 32.2. The molecule has 3 heterocycles. The molecule has 0 radical (unpaired) electrons. The summed E-state index contributed by atoms with van der Waals surface area (Å²) in [5, 5.41) is 53.7. The van der Waals surface area contributed by atoms with Gasteiger partial charge in [-0.2, -0.15) is 21.6 Å². The van der Waals surface area contributed by atoms with Crippen LogP contribution >= 0.6 is 22.7 Å². The molecule has 0 fully saturated rings. The number of benzene rings is 2. The van der Waals surface area contributed by atoms with Crippen LogP contribution in [0.2, 0.25) is 0 Å². The van der Waals surface area contributed by atoms with E-state index in [-0.39, 0.29) is 84.9 Å². The van der Waals surface area contributed by atoms with Crippen molar-refractivity contribution in [1.29, 1.82) is 0 Å². The molecule has 0 aliphatic carbocycles. The maximum absolute atomic E-state index is 13.2. The maximum atomic E-state index is 13.2. The Morgan fingerprint density at radius 3 is 2.02 bits per heavy atom. The molecule has 0 saturated carbocycles. The van der Waals surface area contributed by atoms with E-state index in [0.29, 0.717) is 31.4 Å². The molecular weight excluding hydrogens is 1340 g/mol. The number of carbonyl (C=O) groups excluding carboxylic acids is 9. The number of thiazole rings is 2. The van der Waals surface area contributed by atoms with Gasteiger partial charge in [-0.15, -0.1) is 22.7 Å². The fourth-order valence-electron chi connectivity index (χ4n) is 8.83. The monoisotopic (exact) mass is 1430 g/mol. The SMILES string of the molecule is CC[N+](=O)[O-].C[C@@H]1CC(=O)[C@H](C)NC(=O)[C@@H](N)Cc2ccc(O)c(c2)Cc2cnc(s2)CCCCNC(=O)[C@H](C)NC1=O.C[C@H](CC(=O)[C@H](C)NC(=O)[C@@H](CC(=O)OC(C)(C)C)Cc1ccc(O)cc1)C(=O)N[C@@H](C)C(=O)CCCCCc1ncc(CO)s1.O=S(=O)(O)C(F)(F)F. The van der Waals surface area contributed by atoms with Gasteiger partial charge in [0, 0.05) is 73.2 Å². The fourth-order valence-corrected chi connectivity index (χ4v) is 10.6. The first-order chi connectivity index (χ1) is 45.1. The number of phenolic OH excluding ortho intramolecular Hbond substituents is 2. The molecule has 2 aromatic carbocycles. The number of aromatic nitrogens is 2. The minimum Gasteiger partial charge on any atom is -0.508 e. The van der Waals surface area contributed by atoms with Gasteiger partial charge in [0.1, 0.15) is 23.1 Å². The lowest BCUT2D eigenvalue weighted by Crippen LogP contribution is -2.49. The van der Waals surface area contributed by atoms with Crippen molar-refractivity contribution in [3.05, 3.63) is 101 Å². The number of ketones is 3. The highest BCUT2D eigenvalue weighted by molar-refractivity contribution is 7.86. The Morgan fingerprint density at radius 2 is 1.43 bits per heavy atom. The number of halogens is 3. The van der Waals surface area contributed by atoms with Crippen molar-refractivity contribution in [2.75, 3.05) is 13.1 Å². The van der Waals surface area contributed by atoms with Crippen LogP contribution in [0.4, 0.5) is 13.2 Å². The first-order valence-electron chi connectivity index (χ1n) is 31.4. The Kier molecular flexibility index (Phi) is 36.4. The third-order valence-corrected chi connectivity index (χ3v) is 17.1. The number of carbonyl (C=O) groups is 9. The van der Waals surface area contributed by atoms with Crippen molar-refractivity contribution in [2.45, 2.75) is 207 Å². The number of alkyl halides is 3. The third-order valence-electron chi connectivity index (χ3n) is 14.5. The van der Waals surface area contributed by atoms with E-state index < -0.39 is 98.8 Å². The number of nitrogens with zero attached hydrogens (tertiary/aromatic N) is 3. The van der Waals surface area contributed by atoms with Crippen molar-refractivity contribution in [3.8, 4) is 11.5 Å². The first-order valence-corrected chi connectivity index (χ1v) is 34.5. The summed E-state index contributed by atoms with van der Waals surface area (Å²) >= 11 is 3.06. The Morgan fingerprint density at radius 1 is 0.825 bits per heavy atom. The zero-order valence-corrected chi connectivity index (χ0v) is 58.6. The number of nitro groups is 1. The molecule has 33 heteroatoms. The van der Waals surface area contributed by atoms with Gasteiger partial charge in [-0.25, -0.2) is 9.97 Å². The second kappa shape index (κ2) is 41.4. The number of nitrogens with one attached hydrogen (secondary N) is 5. The molecule has 540 valence electrons. The maximum Gasteiger partial charge on any atom is 0.522 e. The standard InChI is InChI=1S/C34H49N3O8S.C27H37N5O5S.C2H5NO2.CHF3O3S/c1-21(32(43)36-22(2)28(40)10-8-7-9-11-30-35-19-27(20-38)46-30)16-29(41)23(3)37-33(44)25(18-31(42)45-34(4,5)6)17-24-12-14-26(39)15-13-24;1-15-10-23(34)16(2)31-27(37)21(28)12-18-7-8-22(33)19(11-18)13-20-14-30-24(38-20)6-4-5-9-29-26(36)17(3)32-25(15)35;1-2-3(4)5;2-1(3,4)8(5,6)7/h12-15,19,21-23,25,38-39H,7-11,16-18,20H2,1-6H3,(H,36,43)(H,37,44);7-8,11,14-17,21,33H,4-6,9-10,12-13,28H2,1-3H3,(H,29,36)(H,31,37)(H,32,35);2H2,1H3;(H,5,6,7)/t21-,22+,23+,25-;15-,16+,17+,21+;;/m11../s1. The summed E-state index contributed by atoms with van der Waals surface area (Å²) in [6.45, 7) is 16.7. The Labute approximate surface area is 570 Å². The average molecular weight is 1430 g/mol. The van der Waals surface area contributed by atoms with Crippen LogP contribution in [0.3, 0.4) is 0 Å². The molecule has 4 aromatic rings. The molecule has 11 N–H and O–H groups in total. The van der Waals surface area contributed by atoms with E-state index in [2.05, 4.69) is 36.6 Å². The molecule has 27 nitrogen and oxygen atoms in total. The number of esters is 1. The van der Waals surface area contributed by atoms with Gasteiger partial charge < -0.3 is 52.4 Å². The number of fused-ring (bicyclic) bond motifs is 4. The summed E-state index contributed by atoms with van der Waals surface area (Å²) in [5.74, 6) is -5.40. The number of hydrogen-bond acceptors (Lipinski definition) is 22. The lowest BCUT2D eigenvalue weighted by atomic mass is 9.94. The van der Waals surface area contributed by atoms with Gasteiger partial charge >= 0.3 is 21.6 Å². The van der Waals surface area contributed by atoms with Crippen molar-refractivity contribution >= 4 is 85.6 Å². The van der Waals surface area contributed by atoms with Crippen molar-refractivity contribution in [3.63, 3.8) is 0 Å². The summed E-state index contributed by atoms with van der Waals surface area (Å²) in [6, 6.07) is 7.37. The van der Waals surface area contributed by atoms with Gasteiger partial charge in [-0.3, -0.25) is 57.8 Å². The number of rotatable bonds is 20. The van der Waals surface area contributed by atoms with Crippen LogP contribution in [0.1, 0.15) is 163 Å². The van der Waals surface area contributed by atoms with Crippen LogP contribution in [0.5, 0.6) is 11.5 Å². The van der Waals surface area contributed by atoms with Crippen molar-refractivity contribution in [1.82, 2.24) is 36.6 Å². The van der Waals surface area contributed by atoms with Gasteiger partial charge in [0.25, 0.3) is 0 Å². The number of hydrogen-bond donors (Lipinski definition) is 10. The van der Waals surface area contributed by atoms with E-state index in [1.807, 2.05) is 6.07 Å². The topological polar surface area (TPSA) is 433 Å². The molecular formula is C64H92F3N9O18S3. The number of aryl methyl sites for hydroxylation is 2. The van der Waals surface area contributed by atoms with Gasteiger partial charge in [0.15, 0.2) is 17.3 Å². The average Bonchev–Trinajstić information content (AvgIpc) is 2.09. The Balaban J connectivity index is 0.000000562. The highest BCUT2D eigenvalue weighted by Crippen LogP contribution is 2.27. The molecule has 0 saturated heterocycles. The third kappa shape index (κ3) is 33.8. The van der Waals surface area contributed by atoms with E-state index >= 15 is 0 Å². The highest BCUT2D eigenvalue weighted by Gasteiger charge is 2.44. The van der Waals surface area contributed by atoms with Crippen LogP contribution < -0.4 is 32.3 Å². The molecule has 0 unspecified atom stereocenters. The number of aliphatic hydroxyl groups excluding tert-OH is 1. The number of Topliss-reactive ketones (excluding diaryl/α,β-unsaturated/α-hetero) is 3. The second-order valence-electron chi connectivity index (χ2n) is 24.3. The zero-order valence-electron chi connectivity index (χ0n) is 56.1. The van der Waals surface area contributed by atoms with E-state index in [0.717, 1.165) is 69.4 Å². The number of nitrogens with two attached hydrogens (primary N) is 1. The Hall–Kier alpha value is -7.85. The second-order valence-corrected chi connectivity index (χ2v) is 28.1. The van der Waals surface area contributed by atoms with Crippen LogP contribution in [0, 0.1) is 27.9 Å². The van der Waals surface area contributed by atoms with Crippen LogP contribution in [0.25, 0.3) is 0 Å². The number of phenols is 2. The number of unbranched alkanes of at least 4 members (excludes halogenated alkanes) is 2. The molecule has 1 aliphatic rings.